The highest BCUT2D eigenvalue weighted by atomic mass is 35.5. The van der Waals surface area contributed by atoms with Gasteiger partial charge >= 0.3 is 6.09 Å². The number of amides is 2. The van der Waals surface area contributed by atoms with Gasteiger partial charge in [0.05, 0.1) is 6.61 Å². The molecule has 3 rings (SSSR count). The summed E-state index contributed by atoms with van der Waals surface area (Å²) in [7, 11) is 0. The molecular formula is C19H18ClN3O4S. The van der Waals surface area contributed by atoms with E-state index in [1.807, 2.05) is 24.3 Å². The number of primary amides is 1. The Labute approximate surface area is 170 Å². The third-order valence-corrected chi connectivity index (χ3v) is 5.02. The van der Waals surface area contributed by atoms with Crippen molar-refractivity contribution in [3.05, 3.63) is 53.1 Å². The molecule has 9 heteroatoms. The van der Waals surface area contributed by atoms with Gasteiger partial charge in [-0.2, -0.15) is 0 Å². The van der Waals surface area contributed by atoms with Gasteiger partial charge in [0.1, 0.15) is 5.52 Å². The van der Waals surface area contributed by atoms with Crippen LogP contribution < -0.4 is 10.6 Å². The molecule has 0 saturated carbocycles. The van der Waals surface area contributed by atoms with Gasteiger partial charge in [0, 0.05) is 23.0 Å². The predicted molar refractivity (Wildman–Crippen MR) is 109 cm³/mol. The zero-order chi connectivity index (χ0) is 19.9. The lowest BCUT2D eigenvalue weighted by molar-refractivity contribution is -0.107. The molecule has 0 saturated heterocycles. The molecule has 0 spiro atoms. The van der Waals surface area contributed by atoms with E-state index >= 15 is 0 Å². The predicted octanol–water partition coefficient (Wildman–Crippen LogP) is 4.22. The summed E-state index contributed by atoms with van der Waals surface area (Å²) in [5.74, 6) is 0.706. The molecule has 2 N–H and O–H groups in total. The fraction of sp³-hybridized carbons (Fsp3) is 0.211. The van der Waals surface area contributed by atoms with E-state index in [4.69, 9.17) is 21.8 Å². The SMILES string of the molecule is NC(=O)OCCCN(C=O)c1ccc2oc(SCc3ccc(Cl)cc3)nc2c1. The lowest BCUT2D eigenvalue weighted by atomic mass is 10.2. The Morgan fingerprint density at radius 1 is 1.29 bits per heavy atom. The van der Waals surface area contributed by atoms with Crippen LogP contribution >= 0.6 is 23.4 Å². The highest BCUT2D eigenvalue weighted by Gasteiger charge is 2.11. The molecule has 7 nitrogen and oxygen atoms in total. The number of carbonyl (C=O) groups excluding carboxylic acids is 2. The van der Waals surface area contributed by atoms with E-state index in [0.717, 1.165) is 12.0 Å². The Balaban J connectivity index is 1.64. The summed E-state index contributed by atoms with van der Waals surface area (Å²) < 4.78 is 10.4. The van der Waals surface area contributed by atoms with Crippen molar-refractivity contribution < 1.29 is 18.7 Å². The summed E-state index contributed by atoms with van der Waals surface area (Å²) >= 11 is 7.37. The van der Waals surface area contributed by atoms with Crippen LogP contribution in [0.25, 0.3) is 11.1 Å². The number of anilines is 1. The van der Waals surface area contributed by atoms with Gasteiger partial charge in [-0.3, -0.25) is 4.79 Å². The highest BCUT2D eigenvalue weighted by Crippen LogP contribution is 2.29. The fourth-order valence-corrected chi connectivity index (χ4v) is 3.43. The van der Waals surface area contributed by atoms with Crippen molar-refractivity contribution in [1.29, 1.82) is 0 Å². The van der Waals surface area contributed by atoms with Crippen LogP contribution in [0.2, 0.25) is 5.02 Å². The molecule has 0 atom stereocenters. The molecule has 1 aromatic heterocycles. The minimum atomic E-state index is -0.828. The number of aromatic nitrogens is 1. The maximum absolute atomic E-state index is 11.4. The monoisotopic (exact) mass is 419 g/mol. The van der Waals surface area contributed by atoms with E-state index in [9.17, 15) is 9.59 Å². The van der Waals surface area contributed by atoms with Crippen LogP contribution in [0.4, 0.5) is 10.5 Å². The summed E-state index contributed by atoms with van der Waals surface area (Å²) in [6.45, 7) is 0.537. The maximum atomic E-state index is 11.4. The first-order chi connectivity index (χ1) is 13.5. The maximum Gasteiger partial charge on any atom is 0.404 e. The molecule has 0 bridgehead atoms. The number of ether oxygens (including phenoxy) is 1. The number of thioether (sulfide) groups is 1. The van der Waals surface area contributed by atoms with E-state index in [1.165, 1.54) is 16.7 Å². The molecule has 0 unspecified atom stereocenters. The average Bonchev–Trinajstić information content (AvgIpc) is 3.09. The molecule has 1 heterocycles. The van der Waals surface area contributed by atoms with Crippen molar-refractivity contribution in [3.8, 4) is 0 Å². The van der Waals surface area contributed by atoms with Crippen LogP contribution in [-0.2, 0) is 15.3 Å². The van der Waals surface area contributed by atoms with E-state index in [1.54, 1.807) is 18.2 Å². The Morgan fingerprint density at radius 2 is 2.07 bits per heavy atom. The molecule has 0 aliphatic heterocycles. The van der Waals surface area contributed by atoms with Crippen LogP contribution in [0, 0.1) is 0 Å². The first-order valence-electron chi connectivity index (χ1n) is 8.47. The van der Waals surface area contributed by atoms with E-state index in [-0.39, 0.29) is 6.61 Å². The Kier molecular flexibility index (Phi) is 6.78. The van der Waals surface area contributed by atoms with Crippen molar-refractivity contribution in [3.63, 3.8) is 0 Å². The second kappa shape index (κ2) is 9.48. The Morgan fingerprint density at radius 3 is 2.79 bits per heavy atom. The van der Waals surface area contributed by atoms with Crippen LogP contribution in [0.1, 0.15) is 12.0 Å². The largest absolute Gasteiger partial charge is 0.450 e. The van der Waals surface area contributed by atoms with Crippen LogP contribution in [0.3, 0.4) is 0 Å². The zero-order valence-electron chi connectivity index (χ0n) is 14.8. The molecule has 0 aliphatic rings. The van der Waals surface area contributed by atoms with Gasteiger partial charge in [0.15, 0.2) is 5.58 Å². The van der Waals surface area contributed by atoms with E-state index in [2.05, 4.69) is 9.72 Å². The summed E-state index contributed by atoms with van der Waals surface area (Å²) in [5.41, 5.74) is 8.02. The third-order valence-electron chi connectivity index (χ3n) is 3.87. The van der Waals surface area contributed by atoms with Gasteiger partial charge in [-0.15, -0.1) is 0 Å². The minimum Gasteiger partial charge on any atom is -0.450 e. The first-order valence-corrected chi connectivity index (χ1v) is 9.83. The Hall–Kier alpha value is -2.71. The third kappa shape index (κ3) is 5.40. The molecule has 0 radical (unpaired) electrons. The number of nitrogens with two attached hydrogens (primary N) is 1. The molecule has 2 amide bonds. The second-order valence-corrected chi connectivity index (χ2v) is 7.23. The van der Waals surface area contributed by atoms with Gasteiger partial charge in [-0.05, 0) is 42.3 Å². The Bertz CT molecular complexity index is 961. The molecule has 28 heavy (non-hydrogen) atoms. The van der Waals surface area contributed by atoms with Gasteiger partial charge in [0.25, 0.3) is 5.22 Å². The summed E-state index contributed by atoms with van der Waals surface area (Å²) in [5, 5.41) is 1.25. The highest BCUT2D eigenvalue weighted by molar-refractivity contribution is 7.98. The number of benzene rings is 2. The molecule has 0 aliphatic carbocycles. The topological polar surface area (TPSA) is 98.7 Å². The summed E-state index contributed by atoms with van der Waals surface area (Å²) in [4.78, 5) is 28.0. The second-order valence-electron chi connectivity index (χ2n) is 5.87. The van der Waals surface area contributed by atoms with Crippen molar-refractivity contribution in [1.82, 2.24) is 4.98 Å². The zero-order valence-corrected chi connectivity index (χ0v) is 16.4. The molecular weight excluding hydrogens is 402 g/mol. The lowest BCUT2D eigenvalue weighted by Gasteiger charge is -2.16. The number of rotatable bonds is 9. The van der Waals surface area contributed by atoms with Crippen LogP contribution in [0.15, 0.2) is 52.1 Å². The average molecular weight is 420 g/mol. The minimum absolute atomic E-state index is 0.150. The standard InChI is InChI=1S/C19H18ClN3O4S/c20-14-4-2-13(3-5-14)11-28-19-22-16-10-15(6-7-17(16)27-19)23(12-24)8-1-9-26-18(21)25/h2-7,10,12H,1,8-9,11H2,(H2,21,25). The van der Waals surface area contributed by atoms with Crippen molar-refractivity contribution in [2.24, 2.45) is 5.73 Å². The van der Waals surface area contributed by atoms with Crippen molar-refractivity contribution >= 4 is 52.7 Å². The smallest absolute Gasteiger partial charge is 0.404 e. The first kappa shape index (κ1) is 20.0. The van der Waals surface area contributed by atoms with Gasteiger partial charge < -0.3 is 19.8 Å². The van der Waals surface area contributed by atoms with Gasteiger partial charge in [-0.25, -0.2) is 9.78 Å². The number of hydrogen-bond donors (Lipinski definition) is 1. The number of oxazole rings is 1. The van der Waals surface area contributed by atoms with Gasteiger partial charge in [-0.1, -0.05) is 35.5 Å². The van der Waals surface area contributed by atoms with E-state index in [0.29, 0.717) is 45.8 Å². The van der Waals surface area contributed by atoms with Crippen molar-refractivity contribution in [2.45, 2.75) is 17.4 Å². The molecule has 2 aromatic carbocycles. The normalized spacial score (nSPS) is 10.8. The van der Waals surface area contributed by atoms with Gasteiger partial charge in [0.2, 0.25) is 6.41 Å². The van der Waals surface area contributed by atoms with Crippen LogP contribution in [0.5, 0.6) is 0 Å². The van der Waals surface area contributed by atoms with Crippen molar-refractivity contribution in [2.75, 3.05) is 18.1 Å². The number of fused-ring (bicyclic) bond motifs is 1. The number of nitrogens with zero attached hydrogens (tertiary/aromatic N) is 2. The quantitative estimate of drug-likeness (QED) is 0.316. The molecule has 3 aromatic rings. The van der Waals surface area contributed by atoms with E-state index < -0.39 is 6.09 Å². The lowest BCUT2D eigenvalue weighted by Crippen LogP contribution is -2.24. The summed E-state index contributed by atoms with van der Waals surface area (Å²) in [6.07, 6.45) is 0.368. The number of carbonyl (C=O) groups is 2. The van der Waals surface area contributed by atoms with Crippen LogP contribution in [-0.4, -0.2) is 30.6 Å². The molecule has 0 fully saturated rings. The number of hydrogen-bond acceptors (Lipinski definition) is 6. The number of halogens is 1. The molecule has 146 valence electrons. The fourth-order valence-electron chi connectivity index (χ4n) is 2.51. The summed E-state index contributed by atoms with van der Waals surface area (Å²) in [6, 6.07) is 13.0.